The third-order valence-corrected chi connectivity index (χ3v) is 4.49. The SMILES string of the molecule is C[C@H](Nc1nc2ccccc2s1)C(=O)N/N=C\c1ccc([N+](=O)[O-])cc1. The highest BCUT2D eigenvalue weighted by Gasteiger charge is 2.14. The van der Waals surface area contributed by atoms with Crippen molar-refractivity contribution in [3.63, 3.8) is 0 Å². The minimum atomic E-state index is -0.524. The molecule has 3 aromatic rings. The van der Waals surface area contributed by atoms with Gasteiger partial charge in [-0.05, 0) is 36.8 Å². The Bertz CT molecular complexity index is 935. The summed E-state index contributed by atoms with van der Waals surface area (Å²) in [6, 6.07) is 13.1. The summed E-state index contributed by atoms with van der Waals surface area (Å²) in [5, 5.41) is 18.2. The maximum Gasteiger partial charge on any atom is 0.269 e. The Hall–Kier alpha value is -3.33. The molecule has 0 saturated carbocycles. The maximum atomic E-state index is 12.1. The number of hydrogen-bond acceptors (Lipinski definition) is 7. The molecule has 9 heteroatoms. The molecule has 0 aliphatic rings. The van der Waals surface area contributed by atoms with Crippen molar-refractivity contribution in [2.45, 2.75) is 13.0 Å². The van der Waals surface area contributed by atoms with Crippen molar-refractivity contribution >= 4 is 44.5 Å². The molecular formula is C17H15N5O3S. The average molecular weight is 369 g/mol. The number of benzene rings is 2. The third kappa shape index (κ3) is 4.19. The van der Waals surface area contributed by atoms with Gasteiger partial charge in [0.2, 0.25) is 0 Å². The number of nitrogens with zero attached hydrogens (tertiary/aromatic N) is 3. The summed E-state index contributed by atoms with van der Waals surface area (Å²) in [6.45, 7) is 1.71. The van der Waals surface area contributed by atoms with Crippen LogP contribution in [0.4, 0.5) is 10.8 Å². The fourth-order valence-corrected chi connectivity index (χ4v) is 3.09. The molecule has 132 valence electrons. The van der Waals surface area contributed by atoms with Gasteiger partial charge >= 0.3 is 0 Å². The van der Waals surface area contributed by atoms with E-state index in [9.17, 15) is 14.9 Å². The normalized spacial score (nSPS) is 12.2. The molecule has 1 amide bonds. The van der Waals surface area contributed by atoms with Crippen LogP contribution in [0.3, 0.4) is 0 Å². The summed E-state index contributed by atoms with van der Waals surface area (Å²) in [7, 11) is 0. The van der Waals surface area contributed by atoms with Crippen molar-refractivity contribution in [1.82, 2.24) is 10.4 Å². The molecule has 0 aliphatic carbocycles. The van der Waals surface area contributed by atoms with Crippen molar-refractivity contribution < 1.29 is 9.72 Å². The lowest BCUT2D eigenvalue weighted by Crippen LogP contribution is -2.34. The van der Waals surface area contributed by atoms with E-state index < -0.39 is 11.0 Å². The molecule has 26 heavy (non-hydrogen) atoms. The Balaban J connectivity index is 1.55. The Morgan fingerprint density at radius 1 is 1.27 bits per heavy atom. The molecule has 0 fully saturated rings. The monoisotopic (exact) mass is 369 g/mol. The van der Waals surface area contributed by atoms with Crippen LogP contribution in [0.2, 0.25) is 0 Å². The molecule has 0 unspecified atom stereocenters. The topological polar surface area (TPSA) is 110 Å². The van der Waals surface area contributed by atoms with E-state index in [-0.39, 0.29) is 11.6 Å². The zero-order chi connectivity index (χ0) is 18.5. The van der Waals surface area contributed by atoms with Gasteiger partial charge in [0.05, 0.1) is 21.4 Å². The molecule has 2 aromatic carbocycles. The van der Waals surface area contributed by atoms with E-state index in [1.807, 2.05) is 24.3 Å². The van der Waals surface area contributed by atoms with Gasteiger partial charge in [-0.3, -0.25) is 14.9 Å². The highest BCUT2D eigenvalue weighted by molar-refractivity contribution is 7.22. The molecule has 2 N–H and O–H groups in total. The molecule has 0 bridgehead atoms. The minimum absolute atomic E-state index is 0.000146. The van der Waals surface area contributed by atoms with Crippen LogP contribution in [0.15, 0.2) is 53.6 Å². The highest BCUT2D eigenvalue weighted by atomic mass is 32.1. The standard InChI is InChI=1S/C17H15N5O3S/c1-11(19-17-20-14-4-2-3-5-15(14)26-17)16(23)21-18-10-12-6-8-13(9-7-12)22(24)25/h2-11H,1H3,(H,19,20)(H,21,23)/b18-10-/t11-/m0/s1. The summed E-state index contributed by atoms with van der Waals surface area (Å²) in [5.74, 6) is -0.317. The molecule has 1 heterocycles. The number of thiazole rings is 1. The second kappa shape index (κ2) is 7.70. The number of nitro groups is 1. The zero-order valence-electron chi connectivity index (χ0n) is 13.7. The van der Waals surface area contributed by atoms with E-state index in [4.69, 9.17) is 0 Å². The number of hydrogen-bond donors (Lipinski definition) is 2. The van der Waals surface area contributed by atoms with Gasteiger partial charge in [0, 0.05) is 12.1 Å². The molecule has 0 saturated heterocycles. The molecule has 3 rings (SSSR count). The van der Waals surface area contributed by atoms with E-state index in [0.717, 1.165) is 10.2 Å². The van der Waals surface area contributed by atoms with Gasteiger partial charge in [-0.15, -0.1) is 0 Å². The van der Waals surface area contributed by atoms with Crippen LogP contribution in [0.5, 0.6) is 0 Å². The number of rotatable bonds is 6. The van der Waals surface area contributed by atoms with E-state index in [1.54, 1.807) is 19.1 Å². The summed E-state index contributed by atoms with van der Waals surface area (Å²) in [6.07, 6.45) is 1.42. The second-order valence-corrected chi connectivity index (χ2v) is 6.47. The predicted molar refractivity (Wildman–Crippen MR) is 102 cm³/mol. The first-order chi connectivity index (χ1) is 12.5. The van der Waals surface area contributed by atoms with Gasteiger partial charge in [-0.2, -0.15) is 5.10 Å². The summed E-state index contributed by atoms with van der Waals surface area (Å²) >= 11 is 1.47. The van der Waals surface area contributed by atoms with Gasteiger partial charge < -0.3 is 5.32 Å². The Morgan fingerprint density at radius 3 is 2.69 bits per heavy atom. The number of carbonyl (C=O) groups excluding carboxylic acids is 1. The van der Waals surface area contributed by atoms with Crippen molar-refractivity contribution in [2.24, 2.45) is 5.10 Å². The van der Waals surface area contributed by atoms with Crippen LogP contribution in [0, 0.1) is 10.1 Å². The predicted octanol–water partition coefficient (Wildman–Crippen LogP) is 3.16. The molecule has 0 radical (unpaired) electrons. The highest BCUT2D eigenvalue weighted by Crippen LogP contribution is 2.25. The Kier molecular flexibility index (Phi) is 5.18. The first kappa shape index (κ1) is 17.5. The molecule has 1 aromatic heterocycles. The molecule has 0 aliphatic heterocycles. The van der Waals surface area contributed by atoms with E-state index in [0.29, 0.717) is 10.7 Å². The quantitative estimate of drug-likeness (QED) is 0.394. The first-order valence-electron chi connectivity index (χ1n) is 7.72. The number of nitro benzene ring substituents is 1. The second-order valence-electron chi connectivity index (χ2n) is 5.44. The Morgan fingerprint density at radius 2 is 2.00 bits per heavy atom. The number of aromatic nitrogens is 1. The van der Waals surface area contributed by atoms with E-state index in [1.165, 1.54) is 29.7 Å². The number of non-ortho nitro benzene ring substituents is 1. The van der Waals surface area contributed by atoms with Crippen LogP contribution in [0.1, 0.15) is 12.5 Å². The summed E-state index contributed by atoms with van der Waals surface area (Å²) < 4.78 is 1.04. The van der Waals surface area contributed by atoms with E-state index in [2.05, 4.69) is 20.8 Å². The van der Waals surface area contributed by atoms with Gasteiger partial charge in [0.25, 0.3) is 11.6 Å². The van der Waals surface area contributed by atoms with E-state index >= 15 is 0 Å². The fraction of sp³-hybridized carbons (Fsp3) is 0.118. The fourth-order valence-electron chi connectivity index (χ4n) is 2.13. The smallest absolute Gasteiger partial charge is 0.269 e. The van der Waals surface area contributed by atoms with Gasteiger partial charge in [0.1, 0.15) is 6.04 Å². The molecule has 1 atom stereocenters. The van der Waals surface area contributed by atoms with Gasteiger partial charge in [0.15, 0.2) is 5.13 Å². The number of anilines is 1. The number of fused-ring (bicyclic) bond motifs is 1. The summed E-state index contributed by atoms with van der Waals surface area (Å²) in [4.78, 5) is 26.6. The molecular weight excluding hydrogens is 354 g/mol. The third-order valence-electron chi connectivity index (χ3n) is 3.52. The van der Waals surface area contributed by atoms with Gasteiger partial charge in [-0.1, -0.05) is 23.5 Å². The zero-order valence-corrected chi connectivity index (χ0v) is 14.6. The van der Waals surface area contributed by atoms with Crippen molar-refractivity contribution in [1.29, 1.82) is 0 Å². The largest absolute Gasteiger partial charge is 0.350 e. The Labute approximate surface area is 152 Å². The van der Waals surface area contributed by atoms with Crippen molar-refractivity contribution in [3.05, 3.63) is 64.2 Å². The van der Waals surface area contributed by atoms with Crippen molar-refractivity contribution in [3.8, 4) is 0 Å². The van der Waals surface area contributed by atoms with Gasteiger partial charge in [-0.25, -0.2) is 10.4 Å². The van der Waals surface area contributed by atoms with Crippen LogP contribution < -0.4 is 10.7 Å². The lowest BCUT2D eigenvalue weighted by atomic mass is 10.2. The number of amides is 1. The number of hydrazone groups is 1. The number of nitrogens with one attached hydrogen (secondary N) is 2. The lowest BCUT2D eigenvalue weighted by molar-refractivity contribution is -0.384. The molecule has 8 nitrogen and oxygen atoms in total. The van der Waals surface area contributed by atoms with Crippen molar-refractivity contribution in [2.75, 3.05) is 5.32 Å². The van der Waals surface area contributed by atoms with Crippen LogP contribution >= 0.6 is 11.3 Å². The maximum absolute atomic E-state index is 12.1. The minimum Gasteiger partial charge on any atom is -0.350 e. The number of carbonyl (C=O) groups is 1. The van der Waals surface area contributed by atoms with Crippen LogP contribution in [-0.2, 0) is 4.79 Å². The lowest BCUT2D eigenvalue weighted by Gasteiger charge is -2.10. The average Bonchev–Trinajstić information content (AvgIpc) is 3.04. The molecule has 0 spiro atoms. The first-order valence-corrected chi connectivity index (χ1v) is 8.54. The summed E-state index contributed by atoms with van der Waals surface area (Å²) in [5.41, 5.74) is 3.95. The van der Waals surface area contributed by atoms with Crippen LogP contribution in [0.25, 0.3) is 10.2 Å². The number of para-hydroxylation sites is 1. The van der Waals surface area contributed by atoms with Crippen LogP contribution in [-0.4, -0.2) is 28.1 Å².